The summed E-state index contributed by atoms with van der Waals surface area (Å²) in [6, 6.07) is 1.68. The lowest BCUT2D eigenvalue weighted by atomic mass is 10.1. The summed E-state index contributed by atoms with van der Waals surface area (Å²) in [5.74, 6) is 0.125. The molecule has 1 aliphatic rings. The lowest BCUT2D eigenvalue weighted by Crippen LogP contribution is -2.48. The van der Waals surface area contributed by atoms with E-state index in [1.807, 2.05) is 6.92 Å². The maximum atomic E-state index is 12.7. The van der Waals surface area contributed by atoms with Crippen molar-refractivity contribution >= 4 is 16.9 Å². The zero-order chi connectivity index (χ0) is 19.6. The first-order valence-corrected chi connectivity index (χ1v) is 9.68. The minimum absolute atomic E-state index is 0.218. The van der Waals surface area contributed by atoms with E-state index in [1.165, 1.54) is 0 Å². The Labute approximate surface area is 159 Å². The van der Waals surface area contributed by atoms with Gasteiger partial charge in [-0.25, -0.2) is 4.98 Å². The third kappa shape index (κ3) is 4.39. The summed E-state index contributed by atoms with van der Waals surface area (Å²) >= 11 is 0. The highest BCUT2D eigenvalue weighted by molar-refractivity contribution is 6.05. The van der Waals surface area contributed by atoms with Crippen LogP contribution in [0.15, 0.2) is 10.9 Å². The van der Waals surface area contributed by atoms with Gasteiger partial charge in [0.05, 0.1) is 10.9 Å². The molecular weight excluding hydrogens is 344 g/mol. The molecule has 8 nitrogen and oxygen atoms in total. The third-order valence-corrected chi connectivity index (χ3v) is 5.28. The molecule has 148 valence electrons. The van der Waals surface area contributed by atoms with E-state index in [0.717, 1.165) is 39.3 Å². The number of nitrogens with one attached hydrogen (secondary N) is 2. The molecule has 1 aliphatic heterocycles. The molecule has 2 N–H and O–H groups in total. The molecule has 1 saturated heterocycles. The maximum Gasteiger partial charge on any atom is 0.274 e. The highest BCUT2D eigenvalue weighted by atomic mass is 16.2. The maximum absolute atomic E-state index is 12.7. The van der Waals surface area contributed by atoms with Crippen molar-refractivity contribution in [3.63, 3.8) is 0 Å². The Balaban J connectivity index is 1.61. The number of likely N-dealkylation sites (N-methyl/N-ethyl adjacent to an activating group) is 1. The van der Waals surface area contributed by atoms with Gasteiger partial charge in [0.2, 0.25) is 0 Å². The van der Waals surface area contributed by atoms with Crippen LogP contribution in [-0.4, -0.2) is 76.3 Å². The van der Waals surface area contributed by atoms with Crippen LogP contribution < -0.4 is 10.9 Å². The average molecular weight is 374 g/mol. The minimum Gasteiger partial charge on any atom is -0.352 e. The fraction of sp³-hybridized carbons (Fsp3) is 0.632. The van der Waals surface area contributed by atoms with Crippen LogP contribution in [0.2, 0.25) is 0 Å². The number of rotatable bonds is 6. The van der Waals surface area contributed by atoms with Crippen molar-refractivity contribution in [3.05, 3.63) is 27.7 Å². The summed E-state index contributed by atoms with van der Waals surface area (Å²) < 4.78 is 1.56. The number of hydrogen-bond donors (Lipinski definition) is 2. The summed E-state index contributed by atoms with van der Waals surface area (Å²) in [4.78, 5) is 34.2. The zero-order valence-corrected chi connectivity index (χ0v) is 16.7. The van der Waals surface area contributed by atoms with E-state index >= 15 is 0 Å². The number of hydrogen-bond acceptors (Lipinski definition) is 5. The van der Waals surface area contributed by atoms with Crippen molar-refractivity contribution in [1.29, 1.82) is 0 Å². The monoisotopic (exact) mass is 374 g/mol. The summed E-state index contributed by atoms with van der Waals surface area (Å²) in [6.45, 7) is 13.2. The first-order chi connectivity index (χ1) is 12.9. The van der Waals surface area contributed by atoms with E-state index in [9.17, 15) is 9.59 Å². The Morgan fingerprint density at radius 1 is 1.30 bits per heavy atom. The molecule has 8 heteroatoms. The normalized spacial score (nSPS) is 17.3. The van der Waals surface area contributed by atoms with Gasteiger partial charge in [-0.15, -0.1) is 0 Å². The molecule has 0 aliphatic carbocycles. The number of aromatic amines is 1. The van der Waals surface area contributed by atoms with Gasteiger partial charge in [0.15, 0.2) is 5.65 Å². The molecule has 0 aromatic carbocycles. The highest BCUT2D eigenvalue weighted by Crippen LogP contribution is 2.14. The molecule has 2 aromatic rings. The van der Waals surface area contributed by atoms with Gasteiger partial charge in [0.25, 0.3) is 11.5 Å². The second-order valence-corrected chi connectivity index (χ2v) is 7.56. The predicted molar refractivity (Wildman–Crippen MR) is 106 cm³/mol. The summed E-state index contributed by atoms with van der Waals surface area (Å²) in [6.07, 6.45) is 0. The molecule has 0 radical (unpaired) electrons. The molecule has 2 aromatic heterocycles. The first-order valence-electron chi connectivity index (χ1n) is 9.68. The second-order valence-electron chi connectivity index (χ2n) is 7.56. The van der Waals surface area contributed by atoms with Crippen molar-refractivity contribution in [3.8, 4) is 0 Å². The Bertz CT molecular complexity index is 863. The number of pyridine rings is 1. The Kier molecular flexibility index (Phi) is 5.96. The van der Waals surface area contributed by atoms with Gasteiger partial charge in [-0.3, -0.25) is 19.4 Å². The number of amides is 1. The van der Waals surface area contributed by atoms with Crippen LogP contribution in [0.4, 0.5) is 0 Å². The predicted octanol–water partition coefficient (Wildman–Crippen LogP) is 0.573. The van der Waals surface area contributed by atoms with Crippen LogP contribution >= 0.6 is 0 Å². The van der Waals surface area contributed by atoms with E-state index < -0.39 is 0 Å². The molecule has 0 unspecified atom stereocenters. The van der Waals surface area contributed by atoms with Gasteiger partial charge in [-0.2, -0.15) is 0 Å². The van der Waals surface area contributed by atoms with Gasteiger partial charge in [-0.1, -0.05) is 13.8 Å². The van der Waals surface area contributed by atoms with E-state index in [1.54, 1.807) is 17.8 Å². The van der Waals surface area contributed by atoms with Gasteiger partial charge in [0.1, 0.15) is 0 Å². The summed E-state index contributed by atoms with van der Waals surface area (Å²) in [7, 11) is 1.72. The molecule has 3 rings (SSSR count). The van der Waals surface area contributed by atoms with Gasteiger partial charge < -0.3 is 15.1 Å². The van der Waals surface area contributed by atoms with Crippen molar-refractivity contribution in [2.24, 2.45) is 13.0 Å². The first kappa shape index (κ1) is 19.6. The van der Waals surface area contributed by atoms with Crippen LogP contribution in [0.3, 0.4) is 0 Å². The molecule has 0 bridgehead atoms. The Morgan fingerprint density at radius 2 is 1.96 bits per heavy atom. The average Bonchev–Trinajstić information content (AvgIpc) is 2.93. The number of aromatic nitrogens is 3. The highest BCUT2D eigenvalue weighted by Gasteiger charge is 2.20. The molecular formula is C19H30N6O2. The van der Waals surface area contributed by atoms with Crippen molar-refractivity contribution in [2.75, 3.05) is 45.8 Å². The van der Waals surface area contributed by atoms with Gasteiger partial charge in [0, 0.05) is 52.0 Å². The standard InChI is InChI=1S/C19H30N6O2/c1-5-24-6-8-25(9-7-24)12-13(2)11-20-18(26)15-10-14(3)21-17-16(15)19(27)22-23(17)4/h10,13H,5-9,11-12H2,1-4H3,(H,20,26)(H,22,27)/t13-/m0/s1. The quantitative estimate of drug-likeness (QED) is 0.772. The minimum atomic E-state index is -0.285. The molecule has 0 spiro atoms. The number of piperazine rings is 1. The van der Waals surface area contributed by atoms with E-state index in [4.69, 9.17) is 0 Å². The number of carbonyl (C=O) groups is 1. The van der Waals surface area contributed by atoms with Crippen LogP contribution in [0.1, 0.15) is 29.9 Å². The molecule has 0 saturated carbocycles. The fourth-order valence-corrected chi connectivity index (χ4v) is 3.72. The number of aryl methyl sites for hydroxylation is 2. The van der Waals surface area contributed by atoms with Crippen LogP contribution in [0.25, 0.3) is 11.0 Å². The zero-order valence-electron chi connectivity index (χ0n) is 16.7. The summed E-state index contributed by atoms with van der Waals surface area (Å²) in [5, 5.41) is 6.02. The molecule has 3 heterocycles. The fourth-order valence-electron chi connectivity index (χ4n) is 3.72. The van der Waals surface area contributed by atoms with Crippen molar-refractivity contribution < 1.29 is 4.79 Å². The molecule has 1 atom stereocenters. The Morgan fingerprint density at radius 3 is 2.63 bits per heavy atom. The molecule has 1 fully saturated rings. The van der Waals surface area contributed by atoms with E-state index in [0.29, 0.717) is 34.8 Å². The van der Waals surface area contributed by atoms with Gasteiger partial charge in [-0.05, 0) is 25.5 Å². The smallest absolute Gasteiger partial charge is 0.274 e. The SMILES string of the molecule is CCN1CCN(C[C@@H](C)CNC(=O)c2cc(C)nc3c2c(=O)[nH]n3C)CC1. The number of H-pyrrole nitrogens is 1. The molecule has 27 heavy (non-hydrogen) atoms. The van der Waals surface area contributed by atoms with E-state index in [2.05, 4.69) is 39.0 Å². The lowest BCUT2D eigenvalue weighted by molar-refractivity contribution is 0.0935. The third-order valence-electron chi connectivity index (χ3n) is 5.28. The van der Waals surface area contributed by atoms with Crippen LogP contribution in [0.5, 0.6) is 0 Å². The van der Waals surface area contributed by atoms with Gasteiger partial charge >= 0.3 is 0 Å². The summed E-state index contributed by atoms with van der Waals surface area (Å²) in [5.41, 5.74) is 1.33. The topological polar surface area (TPSA) is 86.3 Å². The second kappa shape index (κ2) is 8.22. The van der Waals surface area contributed by atoms with E-state index in [-0.39, 0.29) is 11.5 Å². The van der Waals surface area contributed by atoms with Crippen LogP contribution in [-0.2, 0) is 7.05 Å². The number of carbonyl (C=O) groups excluding carboxylic acids is 1. The largest absolute Gasteiger partial charge is 0.352 e. The molecule has 1 amide bonds. The number of fused-ring (bicyclic) bond motifs is 1. The van der Waals surface area contributed by atoms with Crippen molar-refractivity contribution in [1.82, 2.24) is 29.9 Å². The van der Waals surface area contributed by atoms with Crippen molar-refractivity contribution in [2.45, 2.75) is 20.8 Å². The number of nitrogens with zero attached hydrogens (tertiary/aromatic N) is 4. The lowest BCUT2D eigenvalue weighted by Gasteiger charge is -2.35. The van der Waals surface area contributed by atoms with Crippen LogP contribution in [0, 0.1) is 12.8 Å². The Hall–Kier alpha value is -2.19.